The fraction of sp³-hybridized carbons (Fsp3) is 0.308. The molecule has 0 amide bonds. The largest absolute Gasteiger partial charge is 0.488 e. The highest BCUT2D eigenvalue weighted by molar-refractivity contribution is 5.37. The van der Waals surface area contributed by atoms with Crippen molar-refractivity contribution in [3.63, 3.8) is 0 Å². The van der Waals surface area contributed by atoms with Crippen molar-refractivity contribution < 1.29 is 4.74 Å². The molecule has 0 saturated heterocycles. The lowest BCUT2D eigenvalue weighted by Crippen LogP contribution is -2.21. The van der Waals surface area contributed by atoms with Gasteiger partial charge in [-0.25, -0.2) is 0 Å². The van der Waals surface area contributed by atoms with E-state index < -0.39 is 0 Å². The summed E-state index contributed by atoms with van der Waals surface area (Å²) in [6.07, 6.45) is 3.20. The molecule has 0 bridgehead atoms. The number of aromatic nitrogens is 2. The van der Waals surface area contributed by atoms with Gasteiger partial charge < -0.3 is 4.74 Å². The Hall–Kier alpha value is -1.77. The highest BCUT2D eigenvalue weighted by Gasteiger charge is 2.22. The number of nitrogens with zero attached hydrogens (tertiary/aromatic N) is 2. The molecule has 0 radical (unpaired) electrons. The van der Waals surface area contributed by atoms with Crippen LogP contribution in [0.2, 0.25) is 0 Å². The molecular formula is C13H14N2O. The summed E-state index contributed by atoms with van der Waals surface area (Å²) in [4.78, 5) is 0. The average Bonchev–Trinajstić information content (AvgIpc) is 2.84. The summed E-state index contributed by atoms with van der Waals surface area (Å²) in [5.74, 6) is 1.02. The van der Waals surface area contributed by atoms with Crippen molar-refractivity contribution in [1.82, 2.24) is 9.78 Å². The number of ether oxygens (including phenoxy) is 1. The van der Waals surface area contributed by atoms with Gasteiger partial charge in [-0.2, -0.15) is 5.10 Å². The minimum atomic E-state index is 0.219. The summed E-state index contributed by atoms with van der Waals surface area (Å²) in [7, 11) is 0. The Morgan fingerprint density at radius 3 is 3.00 bits per heavy atom. The van der Waals surface area contributed by atoms with Crippen molar-refractivity contribution in [2.75, 3.05) is 0 Å². The van der Waals surface area contributed by atoms with E-state index in [1.807, 2.05) is 36.0 Å². The van der Waals surface area contributed by atoms with Crippen LogP contribution in [0.25, 0.3) is 0 Å². The zero-order chi connectivity index (χ0) is 11.0. The minimum absolute atomic E-state index is 0.219. The van der Waals surface area contributed by atoms with E-state index in [4.69, 9.17) is 4.74 Å². The van der Waals surface area contributed by atoms with Crippen LogP contribution in [0.1, 0.15) is 11.3 Å². The van der Waals surface area contributed by atoms with Crippen LogP contribution in [0.15, 0.2) is 36.5 Å². The van der Waals surface area contributed by atoms with Crippen LogP contribution in [0.3, 0.4) is 0 Å². The Kier molecular flexibility index (Phi) is 2.17. The summed E-state index contributed by atoms with van der Waals surface area (Å²) in [5.41, 5.74) is 2.35. The monoisotopic (exact) mass is 214 g/mol. The van der Waals surface area contributed by atoms with Crippen LogP contribution in [-0.2, 0) is 13.0 Å². The van der Waals surface area contributed by atoms with Crippen LogP contribution >= 0.6 is 0 Å². The molecule has 3 heteroatoms. The van der Waals surface area contributed by atoms with Gasteiger partial charge in [-0.05, 0) is 24.6 Å². The van der Waals surface area contributed by atoms with Crippen LogP contribution in [0.4, 0.5) is 0 Å². The normalized spacial score (nSPS) is 18.2. The molecule has 16 heavy (non-hydrogen) atoms. The predicted octanol–water partition coefficient (Wildman–Crippen LogP) is 2.20. The smallest absolute Gasteiger partial charge is 0.123 e. The third-order valence-electron chi connectivity index (χ3n) is 2.88. The third kappa shape index (κ3) is 1.69. The van der Waals surface area contributed by atoms with E-state index in [0.29, 0.717) is 0 Å². The molecule has 2 heterocycles. The Balaban J connectivity index is 1.72. The topological polar surface area (TPSA) is 27.1 Å². The van der Waals surface area contributed by atoms with Gasteiger partial charge in [0.25, 0.3) is 0 Å². The number of benzene rings is 1. The van der Waals surface area contributed by atoms with Crippen molar-refractivity contribution in [3.05, 3.63) is 47.8 Å². The van der Waals surface area contributed by atoms with Gasteiger partial charge in [-0.3, -0.25) is 4.68 Å². The van der Waals surface area contributed by atoms with Gasteiger partial charge in [0.05, 0.1) is 12.2 Å². The van der Waals surface area contributed by atoms with Crippen LogP contribution in [-0.4, -0.2) is 15.9 Å². The third-order valence-corrected chi connectivity index (χ3v) is 2.88. The first kappa shape index (κ1) is 9.46. The highest BCUT2D eigenvalue weighted by Crippen LogP contribution is 2.28. The van der Waals surface area contributed by atoms with E-state index in [0.717, 1.165) is 24.4 Å². The van der Waals surface area contributed by atoms with Crippen molar-refractivity contribution in [1.29, 1.82) is 0 Å². The summed E-state index contributed by atoms with van der Waals surface area (Å²) in [6, 6.07) is 10.2. The number of hydrogen-bond acceptors (Lipinski definition) is 2. The molecule has 2 aromatic rings. The van der Waals surface area contributed by atoms with Gasteiger partial charge in [0, 0.05) is 12.6 Å². The molecule has 1 atom stereocenters. The van der Waals surface area contributed by atoms with Crippen LogP contribution in [0.5, 0.6) is 5.75 Å². The lowest BCUT2D eigenvalue weighted by molar-refractivity contribution is 0.203. The number of para-hydroxylation sites is 1. The maximum Gasteiger partial charge on any atom is 0.123 e. The van der Waals surface area contributed by atoms with Crippen molar-refractivity contribution in [2.24, 2.45) is 0 Å². The average molecular weight is 214 g/mol. The van der Waals surface area contributed by atoms with Gasteiger partial charge in [-0.1, -0.05) is 18.2 Å². The zero-order valence-electron chi connectivity index (χ0n) is 9.26. The number of rotatable bonds is 2. The van der Waals surface area contributed by atoms with Crippen molar-refractivity contribution in [2.45, 2.75) is 26.0 Å². The Morgan fingerprint density at radius 1 is 1.38 bits per heavy atom. The molecule has 1 aliphatic rings. The van der Waals surface area contributed by atoms with Gasteiger partial charge in [-0.15, -0.1) is 0 Å². The second-order valence-electron chi connectivity index (χ2n) is 4.23. The van der Waals surface area contributed by atoms with E-state index in [2.05, 4.69) is 17.2 Å². The van der Waals surface area contributed by atoms with Gasteiger partial charge >= 0.3 is 0 Å². The molecule has 0 saturated carbocycles. The van der Waals surface area contributed by atoms with Gasteiger partial charge in [0.1, 0.15) is 11.9 Å². The number of fused-ring (bicyclic) bond motifs is 1. The fourth-order valence-corrected chi connectivity index (χ4v) is 2.13. The fourth-order valence-electron chi connectivity index (χ4n) is 2.13. The summed E-state index contributed by atoms with van der Waals surface area (Å²) in [6.45, 7) is 2.82. The molecule has 0 aliphatic carbocycles. The van der Waals surface area contributed by atoms with Crippen molar-refractivity contribution in [3.8, 4) is 5.75 Å². The van der Waals surface area contributed by atoms with E-state index in [1.165, 1.54) is 5.56 Å². The summed E-state index contributed by atoms with van der Waals surface area (Å²) in [5, 5.41) is 4.37. The molecule has 82 valence electrons. The van der Waals surface area contributed by atoms with Crippen molar-refractivity contribution >= 4 is 0 Å². The van der Waals surface area contributed by atoms with E-state index in [-0.39, 0.29) is 6.10 Å². The first-order valence-electron chi connectivity index (χ1n) is 5.56. The Bertz CT molecular complexity index is 479. The van der Waals surface area contributed by atoms with E-state index in [1.54, 1.807) is 0 Å². The molecule has 0 fully saturated rings. The SMILES string of the molecule is Cc1ccn(CC2Cc3ccccc3O2)n1. The number of aryl methyl sites for hydroxylation is 1. The first-order valence-corrected chi connectivity index (χ1v) is 5.56. The van der Waals surface area contributed by atoms with E-state index in [9.17, 15) is 0 Å². The molecule has 0 spiro atoms. The molecule has 1 aromatic carbocycles. The molecule has 3 nitrogen and oxygen atoms in total. The second-order valence-corrected chi connectivity index (χ2v) is 4.23. The van der Waals surface area contributed by atoms with Gasteiger partial charge in [0.15, 0.2) is 0 Å². The Morgan fingerprint density at radius 2 is 2.25 bits per heavy atom. The standard InChI is InChI=1S/C13H14N2O/c1-10-6-7-15(14-10)9-12-8-11-4-2-3-5-13(11)16-12/h2-7,12H,8-9H2,1H3. The van der Waals surface area contributed by atoms with Gasteiger partial charge in [0.2, 0.25) is 0 Å². The first-order chi connectivity index (χ1) is 7.81. The zero-order valence-corrected chi connectivity index (χ0v) is 9.26. The molecule has 1 aliphatic heterocycles. The minimum Gasteiger partial charge on any atom is -0.488 e. The maximum atomic E-state index is 5.86. The molecule has 0 N–H and O–H groups in total. The molecular weight excluding hydrogens is 200 g/mol. The maximum absolute atomic E-state index is 5.86. The lowest BCUT2D eigenvalue weighted by Gasteiger charge is -2.10. The lowest BCUT2D eigenvalue weighted by atomic mass is 10.1. The summed E-state index contributed by atoms with van der Waals surface area (Å²) >= 11 is 0. The quantitative estimate of drug-likeness (QED) is 0.766. The predicted molar refractivity (Wildman–Crippen MR) is 61.5 cm³/mol. The Labute approximate surface area is 94.7 Å². The van der Waals surface area contributed by atoms with Crippen LogP contribution < -0.4 is 4.74 Å². The van der Waals surface area contributed by atoms with Crippen LogP contribution in [0, 0.1) is 6.92 Å². The van der Waals surface area contributed by atoms with E-state index >= 15 is 0 Å². The number of hydrogen-bond donors (Lipinski definition) is 0. The molecule has 1 aromatic heterocycles. The second kappa shape index (κ2) is 3.67. The molecule has 3 rings (SSSR count). The molecule has 1 unspecified atom stereocenters. The summed E-state index contributed by atoms with van der Waals surface area (Å²) < 4.78 is 7.81. The highest BCUT2D eigenvalue weighted by atomic mass is 16.5.